The monoisotopic (exact) mass is 402 g/mol. The van der Waals surface area contributed by atoms with E-state index in [4.69, 9.17) is 25.8 Å². The Bertz CT molecular complexity index is 818. The highest BCUT2D eigenvalue weighted by Gasteiger charge is 2.21. The summed E-state index contributed by atoms with van der Waals surface area (Å²) in [5, 5.41) is 0.749. The van der Waals surface area contributed by atoms with Crippen molar-refractivity contribution in [1.29, 1.82) is 0 Å². The third-order valence-electron chi connectivity index (χ3n) is 5.08. The van der Waals surface area contributed by atoms with Gasteiger partial charge in [-0.25, -0.2) is 4.79 Å². The molecule has 0 amide bonds. The topological polar surface area (TPSA) is 44.8 Å². The van der Waals surface area contributed by atoms with Crippen molar-refractivity contribution in [3.05, 3.63) is 63.7 Å². The van der Waals surface area contributed by atoms with Crippen LogP contribution in [0.2, 0.25) is 5.02 Å². The summed E-state index contributed by atoms with van der Waals surface area (Å²) in [5.74, 6) is 0.551. The van der Waals surface area contributed by atoms with Crippen LogP contribution in [0.5, 0.6) is 5.75 Å². The molecule has 0 heterocycles. The molecular formula is C23H27ClO4. The average Bonchev–Trinajstić information content (AvgIpc) is 2.71. The van der Waals surface area contributed by atoms with Crippen LogP contribution in [0, 0.1) is 0 Å². The van der Waals surface area contributed by atoms with Crippen LogP contribution in [-0.4, -0.2) is 25.3 Å². The molecule has 4 nitrogen and oxygen atoms in total. The molecule has 0 N–H and O–H groups in total. The number of hydrogen-bond donors (Lipinski definition) is 0. The molecule has 0 radical (unpaired) electrons. The van der Waals surface area contributed by atoms with Gasteiger partial charge in [-0.2, -0.15) is 0 Å². The first kappa shape index (κ1) is 20.7. The Morgan fingerprint density at radius 3 is 2.82 bits per heavy atom. The van der Waals surface area contributed by atoms with E-state index in [0.717, 1.165) is 42.0 Å². The molecule has 0 bridgehead atoms. The first-order valence-corrected chi connectivity index (χ1v) is 10.3. The zero-order valence-corrected chi connectivity index (χ0v) is 17.3. The van der Waals surface area contributed by atoms with Gasteiger partial charge in [0.1, 0.15) is 19.0 Å². The molecule has 0 spiro atoms. The van der Waals surface area contributed by atoms with Gasteiger partial charge >= 0.3 is 5.97 Å². The fourth-order valence-corrected chi connectivity index (χ4v) is 3.82. The molecule has 2 aromatic carbocycles. The Balaban J connectivity index is 1.59. The summed E-state index contributed by atoms with van der Waals surface area (Å²) in [5.41, 5.74) is 4.80. The number of carbonyl (C=O) groups is 1. The molecular weight excluding hydrogens is 376 g/mol. The molecule has 28 heavy (non-hydrogen) atoms. The summed E-state index contributed by atoms with van der Waals surface area (Å²) < 4.78 is 16.7. The number of ether oxygens (including phenoxy) is 3. The van der Waals surface area contributed by atoms with E-state index in [9.17, 15) is 4.79 Å². The smallest absolute Gasteiger partial charge is 0.332 e. The first-order chi connectivity index (χ1) is 13.6. The number of rotatable bonds is 8. The normalized spacial score (nSPS) is 15.8. The van der Waals surface area contributed by atoms with Crippen molar-refractivity contribution in [3.8, 4) is 5.75 Å². The van der Waals surface area contributed by atoms with Crippen molar-refractivity contribution in [3.63, 3.8) is 0 Å². The lowest BCUT2D eigenvalue weighted by molar-refractivity contribution is -0.150. The summed E-state index contributed by atoms with van der Waals surface area (Å²) in [6.07, 6.45) is 3.59. The molecule has 5 heteroatoms. The minimum absolute atomic E-state index is 0.0205. The standard InChI is InChI=1S/C23H27ClO4/c1-3-16-6-5-7-22(24)21(16)14-27-19-10-8-18-13-20(11-9-17(18)12-19)28-15-23(25)26-4-2/h5-8,10,12,20H,3-4,9,11,13-15H2,1-2H3. The largest absolute Gasteiger partial charge is 0.489 e. The van der Waals surface area contributed by atoms with Crippen molar-refractivity contribution in [2.24, 2.45) is 0 Å². The maximum Gasteiger partial charge on any atom is 0.332 e. The lowest BCUT2D eigenvalue weighted by atomic mass is 9.89. The molecule has 1 atom stereocenters. The van der Waals surface area contributed by atoms with Gasteiger partial charge in [-0.05, 0) is 67.5 Å². The molecule has 0 fully saturated rings. The fourth-order valence-electron chi connectivity index (χ4n) is 3.57. The molecule has 1 aliphatic carbocycles. The molecule has 1 unspecified atom stereocenters. The van der Waals surface area contributed by atoms with Crippen molar-refractivity contribution >= 4 is 17.6 Å². The number of halogens is 1. The molecule has 0 aromatic heterocycles. The highest BCUT2D eigenvalue weighted by atomic mass is 35.5. The summed E-state index contributed by atoms with van der Waals surface area (Å²) in [4.78, 5) is 11.5. The van der Waals surface area contributed by atoms with Crippen LogP contribution in [0.1, 0.15) is 42.5 Å². The minimum atomic E-state index is -0.303. The van der Waals surface area contributed by atoms with Crippen molar-refractivity contribution < 1.29 is 19.0 Å². The predicted molar refractivity (Wildman–Crippen MR) is 110 cm³/mol. The average molecular weight is 403 g/mol. The fraction of sp³-hybridized carbons (Fsp3) is 0.435. The Kier molecular flexibility index (Phi) is 7.35. The second-order valence-electron chi connectivity index (χ2n) is 6.93. The van der Waals surface area contributed by atoms with E-state index in [1.807, 2.05) is 18.2 Å². The molecule has 0 aliphatic heterocycles. The molecule has 2 aromatic rings. The van der Waals surface area contributed by atoms with E-state index in [1.165, 1.54) is 16.7 Å². The lowest BCUT2D eigenvalue weighted by Crippen LogP contribution is -2.26. The number of hydrogen-bond acceptors (Lipinski definition) is 4. The van der Waals surface area contributed by atoms with Gasteiger partial charge in [0.15, 0.2) is 0 Å². The van der Waals surface area contributed by atoms with Gasteiger partial charge in [0.25, 0.3) is 0 Å². The van der Waals surface area contributed by atoms with Crippen molar-refractivity contribution in [2.45, 2.75) is 52.2 Å². The Labute approximate surface area is 171 Å². The van der Waals surface area contributed by atoms with Crippen LogP contribution < -0.4 is 4.74 Å². The Morgan fingerprint density at radius 1 is 1.18 bits per heavy atom. The van der Waals surface area contributed by atoms with Gasteiger partial charge < -0.3 is 14.2 Å². The van der Waals surface area contributed by atoms with Crippen LogP contribution >= 0.6 is 11.6 Å². The molecule has 1 aliphatic rings. The molecule has 3 rings (SSSR count). The summed E-state index contributed by atoms with van der Waals surface area (Å²) in [6, 6.07) is 12.2. The summed E-state index contributed by atoms with van der Waals surface area (Å²) >= 11 is 6.35. The van der Waals surface area contributed by atoms with E-state index in [0.29, 0.717) is 13.2 Å². The Morgan fingerprint density at radius 2 is 2.04 bits per heavy atom. The highest BCUT2D eigenvalue weighted by Crippen LogP contribution is 2.28. The van der Waals surface area contributed by atoms with E-state index in [1.54, 1.807) is 6.92 Å². The number of aryl methyl sites for hydroxylation is 2. The van der Waals surface area contributed by atoms with Gasteiger partial charge in [0.05, 0.1) is 12.7 Å². The number of carbonyl (C=O) groups excluding carboxylic acids is 1. The first-order valence-electron chi connectivity index (χ1n) is 9.88. The van der Waals surface area contributed by atoms with Gasteiger partial charge in [-0.3, -0.25) is 0 Å². The van der Waals surface area contributed by atoms with Gasteiger partial charge in [-0.1, -0.05) is 36.7 Å². The second-order valence-corrected chi connectivity index (χ2v) is 7.34. The second kappa shape index (κ2) is 9.94. The quantitative estimate of drug-likeness (QED) is 0.588. The SMILES string of the molecule is CCOC(=O)COC1CCc2cc(OCc3c(Cl)cccc3CC)ccc2C1. The maximum atomic E-state index is 11.5. The minimum Gasteiger partial charge on any atom is -0.489 e. The van der Waals surface area contributed by atoms with Crippen LogP contribution in [-0.2, 0) is 40.1 Å². The van der Waals surface area contributed by atoms with Crippen LogP contribution in [0.3, 0.4) is 0 Å². The van der Waals surface area contributed by atoms with Gasteiger partial charge in [0.2, 0.25) is 0 Å². The molecule has 0 saturated heterocycles. The zero-order chi connectivity index (χ0) is 19.9. The van der Waals surface area contributed by atoms with Gasteiger partial charge in [0, 0.05) is 10.6 Å². The number of fused-ring (bicyclic) bond motifs is 1. The van der Waals surface area contributed by atoms with Crippen molar-refractivity contribution in [1.82, 2.24) is 0 Å². The van der Waals surface area contributed by atoms with Crippen molar-refractivity contribution in [2.75, 3.05) is 13.2 Å². The third kappa shape index (κ3) is 5.27. The zero-order valence-electron chi connectivity index (χ0n) is 16.5. The van der Waals surface area contributed by atoms with E-state index < -0.39 is 0 Å². The van der Waals surface area contributed by atoms with Crippen LogP contribution in [0.4, 0.5) is 0 Å². The molecule has 0 saturated carbocycles. The van der Waals surface area contributed by atoms with Gasteiger partial charge in [-0.15, -0.1) is 0 Å². The number of benzene rings is 2. The summed E-state index contributed by atoms with van der Waals surface area (Å²) in [6.45, 7) is 4.78. The van der Waals surface area contributed by atoms with E-state index in [-0.39, 0.29) is 18.7 Å². The van der Waals surface area contributed by atoms with Crippen LogP contribution in [0.25, 0.3) is 0 Å². The highest BCUT2D eigenvalue weighted by molar-refractivity contribution is 6.31. The predicted octanol–water partition coefficient (Wildman–Crippen LogP) is 4.92. The molecule has 150 valence electrons. The Hall–Kier alpha value is -2.04. The van der Waals surface area contributed by atoms with Crippen LogP contribution in [0.15, 0.2) is 36.4 Å². The summed E-state index contributed by atoms with van der Waals surface area (Å²) in [7, 11) is 0. The number of esters is 1. The lowest BCUT2D eigenvalue weighted by Gasteiger charge is -2.25. The third-order valence-corrected chi connectivity index (χ3v) is 5.44. The van der Waals surface area contributed by atoms with E-state index in [2.05, 4.69) is 25.1 Å². The maximum absolute atomic E-state index is 11.5. The van der Waals surface area contributed by atoms with E-state index >= 15 is 0 Å².